The third kappa shape index (κ3) is 6.53. The fourth-order valence-corrected chi connectivity index (χ4v) is 3.22. The molecule has 0 bridgehead atoms. The highest BCUT2D eigenvalue weighted by Crippen LogP contribution is 2.10. The van der Waals surface area contributed by atoms with Gasteiger partial charge in [-0.1, -0.05) is 0 Å². The molecule has 1 unspecified atom stereocenters. The van der Waals surface area contributed by atoms with Crippen molar-refractivity contribution in [3.05, 3.63) is 0 Å². The monoisotopic (exact) mass is 260 g/mol. The van der Waals surface area contributed by atoms with Crippen molar-refractivity contribution < 1.29 is 4.21 Å². The Bertz CT molecular complexity index is 240. The topological polar surface area (TPSA) is 32.3 Å². The van der Waals surface area contributed by atoms with Crippen molar-refractivity contribution in [2.75, 3.05) is 31.1 Å². The average Bonchev–Trinajstić information content (AvgIpc) is 2.24. The van der Waals surface area contributed by atoms with Gasteiger partial charge in [0.1, 0.15) is 0 Å². The van der Waals surface area contributed by atoms with Gasteiger partial charge in [0.2, 0.25) is 0 Å². The lowest BCUT2D eigenvalue weighted by Gasteiger charge is -2.32. The van der Waals surface area contributed by atoms with Crippen molar-refractivity contribution in [2.24, 2.45) is 0 Å². The van der Waals surface area contributed by atoms with Crippen LogP contribution in [0.4, 0.5) is 0 Å². The molecule has 0 aromatic rings. The maximum absolute atomic E-state index is 11.3. The van der Waals surface area contributed by atoms with E-state index in [2.05, 4.69) is 37.9 Å². The van der Waals surface area contributed by atoms with E-state index in [0.29, 0.717) is 6.04 Å². The molecule has 1 aliphatic rings. The second-order valence-electron chi connectivity index (χ2n) is 6.05. The Hall–Kier alpha value is 0.0700. The lowest BCUT2D eigenvalue weighted by molar-refractivity contribution is 0.214. The summed E-state index contributed by atoms with van der Waals surface area (Å²) in [6.07, 6.45) is 2.45. The molecule has 0 aliphatic carbocycles. The molecule has 1 atom stereocenters. The van der Waals surface area contributed by atoms with Gasteiger partial charge >= 0.3 is 0 Å². The van der Waals surface area contributed by atoms with E-state index in [4.69, 9.17) is 0 Å². The van der Waals surface area contributed by atoms with Crippen LogP contribution >= 0.6 is 0 Å². The van der Waals surface area contributed by atoms with E-state index in [1.54, 1.807) is 0 Å². The largest absolute Gasteiger partial charge is 0.312 e. The summed E-state index contributed by atoms with van der Waals surface area (Å²) in [7, 11) is -0.551. The molecule has 3 nitrogen and oxygen atoms in total. The third-order valence-corrected chi connectivity index (χ3v) is 4.57. The van der Waals surface area contributed by atoms with Crippen LogP contribution in [0.5, 0.6) is 0 Å². The Kier molecular flexibility index (Phi) is 6.10. The summed E-state index contributed by atoms with van der Waals surface area (Å²) in [5, 5.41) is 3.52. The van der Waals surface area contributed by atoms with E-state index in [9.17, 15) is 4.21 Å². The lowest BCUT2D eigenvalue weighted by Crippen LogP contribution is -2.43. The zero-order valence-electron chi connectivity index (χ0n) is 11.8. The molecule has 0 amide bonds. The van der Waals surface area contributed by atoms with E-state index in [0.717, 1.165) is 31.1 Å². The summed E-state index contributed by atoms with van der Waals surface area (Å²) < 4.78 is 11.3. The summed E-state index contributed by atoms with van der Waals surface area (Å²) in [5.74, 6) is 1.73. The van der Waals surface area contributed by atoms with Gasteiger partial charge in [0.15, 0.2) is 0 Å². The molecule has 4 heteroatoms. The van der Waals surface area contributed by atoms with Gasteiger partial charge in [-0.2, -0.15) is 0 Å². The van der Waals surface area contributed by atoms with Crippen LogP contribution in [0.15, 0.2) is 0 Å². The minimum Gasteiger partial charge on any atom is -0.312 e. The number of nitrogens with zero attached hydrogens (tertiary/aromatic N) is 1. The Morgan fingerprint density at radius 2 is 1.88 bits per heavy atom. The predicted molar refractivity (Wildman–Crippen MR) is 75.9 cm³/mol. The summed E-state index contributed by atoms with van der Waals surface area (Å²) in [6, 6.07) is 0.633. The fourth-order valence-electron chi connectivity index (χ4n) is 2.14. The molecule has 1 heterocycles. The molecule has 1 N–H and O–H groups in total. The zero-order chi connectivity index (χ0) is 12.9. The number of nitrogens with one attached hydrogen (secondary N) is 1. The maximum Gasteiger partial charge on any atom is 0.0363 e. The maximum atomic E-state index is 11.3. The van der Waals surface area contributed by atoms with Crippen LogP contribution in [0.2, 0.25) is 0 Å². The molecule has 0 aromatic carbocycles. The number of hydrogen-bond donors (Lipinski definition) is 1. The number of rotatable bonds is 5. The van der Waals surface area contributed by atoms with Gasteiger partial charge in [0.05, 0.1) is 0 Å². The van der Waals surface area contributed by atoms with E-state index < -0.39 is 10.8 Å². The Morgan fingerprint density at radius 3 is 2.41 bits per heavy atom. The summed E-state index contributed by atoms with van der Waals surface area (Å²) >= 11 is 0. The van der Waals surface area contributed by atoms with E-state index in [1.807, 2.05) is 0 Å². The van der Waals surface area contributed by atoms with Gasteiger partial charge in [-0.15, -0.1) is 0 Å². The normalized spacial score (nSPS) is 21.6. The second-order valence-corrected chi connectivity index (χ2v) is 7.75. The molecule has 17 heavy (non-hydrogen) atoms. The molecule has 1 saturated heterocycles. The Morgan fingerprint density at radius 1 is 1.29 bits per heavy atom. The molecule has 102 valence electrons. The molecule has 0 spiro atoms. The van der Waals surface area contributed by atoms with Crippen LogP contribution in [0, 0.1) is 0 Å². The van der Waals surface area contributed by atoms with Crippen molar-refractivity contribution >= 4 is 10.8 Å². The molecule has 0 saturated carbocycles. The highest BCUT2D eigenvalue weighted by molar-refractivity contribution is 7.85. The standard InChI is InChI=1S/C13H28N2OS/c1-12(6-5-7-14-13(2,3)4)15-8-10-17(16)11-9-15/h12,14H,5-11H2,1-4H3. The van der Waals surface area contributed by atoms with E-state index in [1.165, 1.54) is 12.8 Å². The molecule has 0 radical (unpaired) electrons. The van der Waals surface area contributed by atoms with Crippen molar-refractivity contribution in [3.63, 3.8) is 0 Å². The van der Waals surface area contributed by atoms with Crippen molar-refractivity contribution in [1.82, 2.24) is 10.2 Å². The molecular weight excluding hydrogens is 232 g/mol. The van der Waals surface area contributed by atoms with Crippen LogP contribution in [0.3, 0.4) is 0 Å². The molecule has 1 fully saturated rings. The highest BCUT2D eigenvalue weighted by atomic mass is 32.2. The zero-order valence-corrected chi connectivity index (χ0v) is 12.6. The van der Waals surface area contributed by atoms with Crippen molar-refractivity contribution in [3.8, 4) is 0 Å². The molecule has 1 rings (SSSR count). The molecule has 0 aromatic heterocycles. The minimum absolute atomic E-state index is 0.227. The molecule has 1 aliphatic heterocycles. The van der Waals surface area contributed by atoms with E-state index >= 15 is 0 Å². The average molecular weight is 260 g/mol. The van der Waals surface area contributed by atoms with Crippen LogP contribution in [0.25, 0.3) is 0 Å². The predicted octanol–water partition coefficient (Wildman–Crippen LogP) is 1.61. The minimum atomic E-state index is -0.551. The first-order valence-corrected chi connectivity index (χ1v) is 8.21. The summed E-state index contributed by atoms with van der Waals surface area (Å²) in [5.41, 5.74) is 0.227. The van der Waals surface area contributed by atoms with Gasteiger partial charge < -0.3 is 5.32 Å². The second kappa shape index (κ2) is 6.86. The van der Waals surface area contributed by atoms with Crippen LogP contribution in [-0.4, -0.2) is 51.8 Å². The van der Waals surface area contributed by atoms with Crippen LogP contribution in [0.1, 0.15) is 40.5 Å². The lowest BCUT2D eigenvalue weighted by atomic mass is 10.1. The van der Waals surface area contributed by atoms with Gasteiger partial charge in [-0.3, -0.25) is 9.11 Å². The van der Waals surface area contributed by atoms with Crippen molar-refractivity contribution in [2.45, 2.75) is 52.1 Å². The van der Waals surface area contributed by atoms with Crippen LogP contribution in [-0.2, 0) is 10.8 Å². The fraction of sp³-hybridized carbons (Fsp3) is 1.00. The van der Waals surface area contributed by atoms with Crippen LogP contribution < -0.4 is 5.32 Å². The first kappa shape index (κ1) is 15.1. The molecular formula is C13H28N2OS. The first-order valence-electron chi connectivity index (χ1n) is 6.72. The Balaban J connectivity index is 2.12. The third-order valence-electron chi connectivity index (χ3n) is 3.29. The summed E-state index contributed by atoms with van der Waals surface area (Å²) in [4.78, 5) is 2.48. The summed E-state index contributed by atoms with van der Waals surface area (Å²) in [6.45, 7) is 12.0. The number of hydrogen-bond acceptors (Lipinski definition) is 3. The van der Waals surface area contributed by atoms with Gasteiger partial charge in [-0.05, 0) is 47.1 Å². The quantitative estimate of drug-likeness (QED) is 0.762. The van der Waals surface area contributed by atoms with Crippen molar-refractivity contribution in [1.29, 1.82) is 0 Å². The van der Waals surface area contributed by atoms with E-state index in [-0.39, 0.29) is 5.54 Å². The first-order chi connectivity index (χ1) is 7.88. The van der Waals surface area contributed by atoms with Gasteiger partial charge in [-0.25, -0.2) is 0 Å². The Labute approximate surface area is 109 Å². The smallest absolute Gasteiger partial charge is 0.0363 e. The SMILES string of the molecule is CC(CCCNC(C)(C)C)N1CCS(=O)CC1. The van der Waals surface area contributed by atoms with Gasteiger partial charge in [0.25, 0.3) is 0 Å². The van der Waals surface area contributed by atoms with Gasteiger partial charge in [0, 0.05) is 47.0 Å². The highest BCUT2D eigenvalue weighted by Gasteiger charge is 2.19.